The van der Waals surface area contributed by atoms with Crippen molar-refractivity contribution in [2.45, 2.75) is 46.6 Å². The molecule has 0 aromatic rings. The van der Waals surface area contributed by atoms with Crippen LogP contribution < -0.4 is 5.32 Å². The van der Waals surface area contributed by atoms with Gasteiger partial charge in [0, 0.05) is 20.3 Å². The molecule has 0 atom stereocenters. The van der Waals surface area contributed by atoms with E-state index in [1.54, 1.807) is 7.11 Å². The van der Waals surface area contributed by atoms with Gasteiger partial charge >= 0.3 is 5.97 Å². The molecule has 0 aliphatic rings. The molecule has 1 N–H and O–H groups in total. The number of hydrogen-bond acceptors (Lipinski definition) is 4. The number of carbonyl (C=O) groups is 1. The maximum atomic E-state index is 11.4. The second-order valence-electron chi connectivity index (χ2n) is 6.10. The molecule has 0 rings (SSSR count). The van der Waals surface area contributed by atoms with E-state index < -0.39 is 5.60 Å². The van der Waals surface area contributed by atoms with E-state index in [1.807, 2.05) is 20.8 Å². The fourth-order valence-corrected chi connectivity index (χ4v) is 1.35. The number of esters is 1. The van der Waals surface area contributed by atoms with Crippen LogP contribution in [-0.4, -0.2) is 38.4 Å². The Hall–Kier alpha value is -0.610. The predicted octanol–water partition coefficient (Wildman–Crippen LogP) is 1.98. The summed E-state index contributed by atoms with van der Waals surface area (Å²) < 4.78 is 10.3. The molecule has 4 nitrogen and oxygen atoms in total. The summed E-state index contributed by atoms with van der Waals surface area (Å²) >= 11 is 0. The average molecular weight is 245 g/mol. The summed E-state index contributed by atoms with van der Waals surface area (Å²) in [6.07, 6.45) is 0.963. The smallest absolute Gasteiger partial charge is 0.320 e. The first-order valence-electron chi connectivity index (χ1n) is 6.08. The molecule has 0 unspecified atom stereocenters. The van der Waals surface area contributed by atoms with Crippen molar-refractivity contribution in [1.82, 2.24) is 5.32 Å². The van der Waals surface area contributed by atoms with E-state index >= 15 is 0 Å². The van der Waals surface area contributed by atoms with Crippen LogP contribution in [0.4, 0.5) is 0 Å². The summed E-state index contributed by atoms with van der Waals surface area (Å²) in [7, 11) is 1.70. The van der Waals surface area contributed by atoms with E-state index in [4.69, 9.17) is 9.47 Å². The van der Waals surface area contributed by atoms with Crippen LogP contribution in [0.25, 0.3) is 0 Å². The Morgan fingerprint density at radius 3 is 2.24 bits per heavy atom. The van der Waals surface area contributed by atoms with Gasteiger partial charge in [0.25, 0.3) is 0 Å². The Balaban J connectivity index is 3.79. The summed E-state index contributed by atoms with van der Waals surface area (Å²) in [5.74, 6) is -0.208. The van der Waals surface area contributed by atoms with Gasteiger partial charge < -0.3 is 14.8 Å². The summed E-state index contributed by atoms with van der Waals surface area (Å²) in [5.41, 5.74) is -0.289. The third-order valence-electron chi connectivity index (χ3n) is 2.28. The first-order valence-corrected chi connectivity index (χ1v) is 6.08. The van der Waals surface area contributed by atoms with Crippen molar-refractivity contribution < 1.29 is 14.3 Å². The van der Waals surface area contributed by atoms with E-state index in [0.29, 0.717) is 0 Å². The maximum Gasteiger partial charge on any atom is 0.320 e. The Bertz CT molecular complexity index is 231. The molecule has 0 fully saturated rings. The molecule has 0 radical (unpaired) electrons. The van der Waals surface area contributed by atoms with Gasteiger partial charge in [-0.2, -0.15) is 0 Å². The van der Waals surface area contributed by atoms with E-state index in [-0.39, 0.29) is 17.9 Å². The van der Waals surface area contributed by atoms with Gasteiger partial charge in [0.2, 0.25) is 0 Å². The largest absolute Gasteiger partial charge is 0.459 e. The Kier molecular flexibility index (Phi) is 6.72. The molecule has 4 heteroatoms. The molecular formula is C13H27NO3. The van der Waals surface area contributed by atoms with Crippen LogP contribution in [0.3, 0.4) is 0 Å². The Labute approximate surface area is 105 Å². The minimum Gasteiger partial charge on any atom is -0.459 e. The van der Waals surface area contributed by atoms with Crippen LogP contribution in [0.5, 0.6) is 0 Å². The van der Waals surface area contributed by atoms with Gasteiger partial charge in [0.15, 0.2) is 0 Å². The monoisotopic (exact) mass is 245 g/mol. The quantitative estimate of drug-likeness (QED) is 0.697. The van der Waals surface area contributed by atoms with Gasteiger partial charge in [-0.05, 0) is 32.6 Å². The lowest BCUT2D eigenvalue weighted by Crippen LogP contribution is -2.36. The molecular weight excluding hydrogens is 218 g/mol. The number of carbonyl (C=O) groups excluding carboxylic acids is 1. The number of ether oxygens (including phenoxy) is 2. The first kappa shape index (κ1) is 16.4. The highest BCUT2D eigenvalue weighted by Crippen LogP contribution is 2.18. The second kappa shape index (κ2) is 6.97. The molecule has 0 amide bonds. The fraction of sp³-hybridized carbons (Fsp3) is 0.923. The lowest BCUT2D eigenvalue weighted by Gasteiger charge is -2.25. The zero-order valence-electron chi connectivity index (χ0n) is 12.1. The molecule has 0 heterocycles. The van der Waals surface area contributed by atoms with Crippen molar-refractivity contribution in [3.63, 3.8) is 0 Å². The fourth-order valence-electron chi connectivity index (χ4n) is 1.35. The molecule has 0 saturated carbocycles. The summed E-state index contributed by atoms with van der Waals surface area (Å²) in [6.45, 7) is 11.7. The van der Waals surface area contributed by atoms with Gasteiger partial charge in [0.05, 0.1) is 6.54 Å². The van der Waals surface area contributed by atoms with Gasteiger partial charge in [-0.1, -0.05) is 13.8 Å². The van der Waals surface area contributed by atoms with Gasteiger partial charge in [-0.15, -0.1) is 0 Å². The number of hydrogen-bond donors (Lipinski definition) is 1. The van der Waals surface area contributed by atoms with Crippen LogP contribution >= 0.6 is 0 Å². The van der Waals surface area contributed by atoms with Crippen molar-refractivity contribution in [2.24, 2.45) is 5.41 Å². The van der Waals surface area contributed by atoms with E-state index in [0.717, 1.165) is 19.6 Å². The maximum absolute atomic E-state index is 11.4. The van der Waals surface area contributed by atoms with E-state index in [9.17, 15) is 4.79 Å². The summed E-state index contributed by atoms with van der Waals surface area (Å²) in [5, 5.41) is 3.13. The molecule has 0 aliphatic carbocycles. The zero-order valence-corrected chi connectivity index (χ0v) is 12.1. The van der Waals surface area contributed by atoms with E-state index in [2.05, 4.69) is 19.2 Å². The highest BCUT2D eigenvalue weighted by atomic mass is 16.6. The topological polar surface area (TPSA) is 47.6 Å². The van der Waals surface area contributed by atoms with Gasteiger partial charge in [-0.25, -0.2) is 0 Å². The van der Waals surface area contributed by atoms with Crippen LogP contribution in [0.2, 0.25) is 0 Å². The SMILES string of the molecule is COCCC(C)(C)CNCC(=O)OC(C)(C)C. The number of methoxy groups -OCH3 is 1. The summed E-state index contributed by atoms with van der Waals surface area (Å²) in [4.78, 5) is 11.4. The molecule has 0 aliphatic heterocycles. The van der Waals surface area contributed by atoms with Crippen molar-refractivity contribution in [1.29, 1.82) is 0 Å². The standard InChI is InChI=1S/C13H27NO3/c1-12(2,3)17-11(15)9-14-10-13(4,5)7-8-16-6/h14H,7-10H2,1-6H3. The number of rotatable bonds is 7. The molecule has 102 valence electrons. The van der Waals surface area contributed by atoms with Crippen LogP contribution in [0.15, 0.2) is 0 Å². The summed E-state index contributed by atoms with van der Waals surface area (Å²) in [6, 6.07) is 0. The Morgan fingerprint density at radius 2 is 1.76 bits per heavy atom. The molecule has 0 bridgehead atoms. The normalized spacial score (nSPS) is 12.6. The lowest BCUT2D eigenvalue weighted by atomic mass is 9.90. The minimum atomic E-state index is -0.412. The zero-order chi connectivity index (χ0) is 13.5. The van der Waals surface area contributed by atoms with Gasteiger partial charge in [0.1, 0.15) is 5.60 Å². The van der Waals surface area contributed by atoms with Crippen molar-refractivity contribution >= 4 is 5.97 Å². The first-order chi connectivity index (χ1) is 7.66. The third kappa shape index (κ3) is 10.3. The van der Waals surface area contributed by atoms with Crippen LogP contribution in [0, 0.1) is 5.41 Å². The number of nitrogens with one attached hydrogen (secondary N) is 1. The van der Waals surface area contributed by atoms with Crippen molar-refractivity contribution in [3.8, 4) is 0 Å². The molecule has 0 aromatic heterocycles. The lowest BCUT2D eigenvalue weighted by molar-refractivity contribution is -0.153. The highest BCUT2D eigenvalue weighted by Gasteiger charge is 2.19. The molecule has 0 spiro atoms. The second-order valence-corrected chi connectivity index (χ2v) is 6.10. The van der Waals surface area contributed by atoms with E-state index in [1.165, 1.54) is 0 Å². The van der Waals surface area contributed by atoms with Crippen molar-refractivity contribution in [2.75, 3.05) is 26.8 Å². The molecule has 0 aromatic carbocycles. The minimum absolute atomic E-state index is 0.123. The van der Waals surface area contributed by atoms with Crippen molar-refractivity contribution in [3.05, 3.63) is 0 Å². The highest BCUT2D eigenvalue weighted by molar-refractivity contribution is 5.72. The predicted molar refractivity (Wildman–Crippen MR) is 69.0 cm³/mol. The molecule has 0 saturated heterocycles. The van der Waals surface area contributed by atoms with Crippen LogP contribution in [-0.2, 0) is 14.3 Å². The van der Waals surface area contributed by atoms with Crippen LogP contribution in [0.1, 0.15) is 41.0 Å². The average Bonchev–Trinajstić information content (AvgIpc) is 2.11. The van der Waals surface area contributed by atoms with Gasteiger partial charge in [-0.3, -0.25) is 4.79 Å². The third-order valence-corrected chi connectivity index (χ3v) is 2.28. The molecule has 17 heavy (non-hydrogen) atoms. The Morgan fingerprint density at radius 1 is 1.18 bits per heavy atom.